The van der Waals surface area contributed by atoms with Gasteiger partial charge in [-0.3, -0.25) is 0 Å². The number of benzene rings is 1. The fourth-order valence-electron chi connectivity index (χ4n) is 1.12. The van der Waals surface area contributed by atoms with Crippen LogP contribution in [0.2, 0.25) is 0 Å². The van der Waals surface area contributed by atoms with Gasteiger partial charge in [0.15, 0.2) is 0 Å². The van der Waals surface area contributed by atoms with Crippen molar-refractivity contribution in [3.8, 4) is 0 Å². The highest BCUT2D eigenvalue weighted by Crippen LogP contribution is 2.17. The van der Waals surface area contributed by atoms with Crippen LogP contribution in [0.4, 0.5) is 0 Å². The molecule has 0 aliphatic rings. The maximum atomic E-state index is 5.46. The monoisotopic (exact) mass is 162 g/mol. The minimum absolute atomic E-state index is 0.0381. The molecular weight excluding hydrogens is 148 g/mol. The van der Waals surface area contributed by atoms with Crippen LogP contribution in [0.15, 0.2) is 43.0 Å². The Morgan fingerprint density at radius 3 is 2.58 bits per heavy atom. The predicted molar refractivity (Wildman–Crippen MR) is 51.0 cm³/mol. The lowest BCUT2D eigenvalue weighted by atomic mass is 10.1. The third-order valence-electron chi connectivity index (χ3n) is 1.69. The average molecular weight is 162 g/mol. The zero-order chi connectivity index (χ0) is 8.81. The van der Waals surface area contributed by atoms with Crippen molar-refractivity contribution in [3.63, 3.8) is 0 Å². The van der Waals surface area contributed by atoms with Crippen LogP contribution in [0.5, 0.6) is 0 Å². The van der Waals surface area contributed by atoms with Crippen LogP contribution in [-0.2, 0) is 4.74 Å². The van der Waals surface area contributed by atoms with Gasteiger partial charge in [0.25, 0.3) is 0 Å². The van der Waals surface area contributed by atoms with E-state index in [1.54, 1.807) is 0 Å². The predicted octanol–water partition coefficient (Wildman–Crippen LogP) is 2.95. The Hall–Kier alpha value is -1.08. The summed E-state index contributed by atoms with van der Waals surface area (Å²) in [5, 5.41) is 0. The molecule has 0 radical (unpaired) electrons. The Labute approximate surface area is 73.7 Å². The second-order valence-electron chi connectivity index (χ2n) is 2.52. The van der Waals surface area contributed by atoms with Gasteiger partial charge in [0.05, 0.1) is 0 Å². The lowest BCUT2D eigenvalue weighted by Gasteiger charge is -2.11. The van der Waals surface area contributed by atoms with Crippen LogP contribution in [0, 0.1) is 0 Å². The fourth-order valence-corrected chi connectivity index (χ4v) is 1.12. The summed E-state index contributed by atoms with van der Waals surface area (Å²) in [6.07, 6.45) is 1.86. The molecule has 0 aliphatic heterocycles. The standard InChI is InChI=1S/C11H14O/c1-3-11(12-4-2)10-8-6-5-7-9-10/h3,5-9,11H,1,4H2,2H3. The molecule has 0 saturated heterocycles. The summed E-state index contributed by atoms with van der Waals surface area (Å²) in [5.41, 5.74) is 1.16. The molecule has 0 spiro atoms. The summed E-state index contributed by atoms with van der Waals surface area (Å²) >= 11 is 0. The molecule has 0 aromatic heterocycles. The molecule has 64 valence electrons. The zero-order valence-corrected chi connectivity index (χ0v) is 7.36. The highest BCUT2D eigenvalue weighted by atomic mass is 16.5. The number of hydrogen-bond donors (Lipinski definition) is 0. The van der Waals surface area contributed by atoms with E-state index in [0.717, 1.165) is 5.56 Å². The Kier molecular flexibility index (Phi) is 3.55. The molecule has 1 atom stereocenters. The molecule has 1 rings (SSSR count). The van der Waals surface area contributed by atoms with Crippen molar-refractivity contribution in [2.75, 3.05) is 6.61 Å². The number of rotatable bonds is 4. The normalized spacial score (nSPS) is 12.4. The summed E-state index contributed by atoms with van der Waals surface area (Å²) < 4.78 is 5.46. The maximum Gasteiger partial charge on any atom is 0.100 e. The van der Waals surface area contributed by atoms with Crippen LogP contribution in [0.25, 0.3) is 0 Å². The highest BCUT2D eigenvalue weighted by molar-refractivity contribution is 5.20. The topological polar surface area (TPSA) is 9.23 Å². The molecular formula is C11H14O. The first-order valence-corrected chi connectivity index (χ1v) is 4.17. The Morgan fingerprint density at radius 2 is 2.08 bits per heavy atom. The third-order valence-corrected chi connectivity index (χ3v) is 1.69. The molecule has 0 fully saturated rings. The molecule has 1 nitrogen and oxygen atoms in total. The maximum absolute atomic E-state index is 5.46. The first kappa shape index (κ1) is 9.01. The van der Waals surface area contributed by atoms with Gasteiger partial charge in [-0.25, -0.2) is 0 Å². The highest BCUT2D eigenvalue weighted by Gasteiger charge is 2.04. The van der Waals surface area contributed by atoms with Crippen molar-refractivity contribution in [2.45, 2.75) is 13.0 Å². The quantitative estimate of drug-likeness (QED) is 0.618. The van der Waals surface area contributed by atoms with E-state index in [2.05, 4.69) is 6.58 Å². The smallest absolute Gasteiger partial charge is 0.100 e. The molecule has 1 aromatic rings. The van der Waals surface area contributed by atoms with Gasteiger partial charge >= 0.3 is 0 Å². The van der Waals surface area contributed by atoms with Crippen molar-refractivity contribution in [1.82, 2.24) is 0 Å². The molecule has 1 heteroatoms. The molecule has 12 heavy (non-hydrogen) atoms. The van der Waals surface area contributed by atoms with E-state index in [1.165, 1.54) is 0 Å². The fraction of sp³-hybridized carbons (Fsp3) is 0.273. The van der Waals surface area contributed by atoms with Gasteiger partial charge in [-0.15, -0.1) is 6.58 Å². The van der Waals surface area contributed by atoms with Crippen molar-refractivity contribution in [1.29, 1.82) is 0 Å². The van der Waals surface area contributed by atoms with Crippen LogP contribution in [0.1, 0.15) is 18.6 Å². The van der Waals surface area contributed by atoms with Gasteiger partial charge in [-0.1, -0.05) is 36.4 Å². The van der Waals surface area contributed by atoms with E-state index in [1.807, 2.05) is 43.3 Å². The zero-order valence-electron chi connectivity index (χ0n) is 7.36. The van der Waals surface area contributed by atoms with E-state index in [4.69, 9.17) is 4.74 Å². The summed E-state index contributed by atoms with van der Waals surface area (Å²) in [4.78, 5) is 0. The second-order valence-corrected chi connectivity index (χ2v) is 2.52. The van der Waals surface area contributed by atoms with Crippen LogP contribution < -0.4 is 0 Å². The van der Waals surface area contributed by atoms with E-state index >= 15 is 0 Å². The summed E-state index contributed by atoms with van der Waals surface area (Å²) in [7, 11) is 0. The van der Waals surface area contributed by atoms with Crippen LogP contribution >= 0.6 is 0 Å². The summed E-state index contributed by atoms with van der Waals surface area (Å²) in [6.45, 7) is 6.43. The lowest BCUT2D eigenvalue weighted by Crippen LogP contribution is -1.99. The average Bonchev–Trinajstić information content (AvgIpc) is 2.15. The second kappa shape index (κ2) is 4.73. The lowest BCUT2D eigenvalue weighted by molar-refractivity contribution is 0.0970. The first-order chi connectivity index (χ1) is 5.88. The SMILES string of the molecule is C=CC(OCC)c1ccccc1. The largest absolute Gasteiger partial charge is 0.370 e. The van der Waals surface area contributed by atoms with Gasteiger partial charge in [-0.2, -0.15) is 0 Å². The van der Waals surface area contributed by atoms with Crippen LogP contribution in [-0.4, -0.2) is 6.61 Å². The van der Waals surface area contributed by atoms with E-state index in [9.17, 15) is 0 Å². The Bertz CT molecular complexity index is 228. The van der Waals surface area contributed by atoms with Crippen molar-refractivity contribution in [2.24, 2.45) is 0 Å². The van der Waals surface area contributed by atoms with Gasteiger partial charge in [0.1, 0.15) is 6.10 Å². The van der Waals surface area contributed by atoms with E-state index in [-0.39, 0.29) is 6.10 Å². The van der Waals surface area contributed by atoms with Gasteiger partial charge < -0.3 is 4.74 Å². The molecule has 0 heterocycles. The molecule has 0 saturated carbocycles. The molecule has 0 aliphatic carbocycles. The molecule has 1 unspecified atom stereocenters. The molecule has 0 N–H and O–H groups in total. The minimum Gasteiger partial charge on any atom is -0.370 e. The Morgan fingerprint density at radius 1 is 1.42 bits per heavy atom. The number of ether oxygens (including phenoxy) is 1. The van der Waals surface area contributed by atoms with Gasteiger partial charge in [-0.05, 0) is 12.5 Å². The molecule has 0 amide bonds. The number of hydrogen-bond acceptors (Lipinski definition) is 1. The van der Waals surface area contributed by atoms with Crippen molar-refractivity contribution >= 4 is 0 Å². The summed E-state index contributed by atoms with van der Waals surface area (Å²) in [5.74, 6) is 0. The third kappa shape index (κ3) is 2.21. The van der Waals surface area contributed by atoms with Crippen molar-refractivity contribution in [3.05, 3.63) is 48.6 Å². The minimum atomic E-state index is 0.0381. The molecule has 1 aromatic carbocycles. The van der Waals surface area contributed by atoms with E-state index < -0.39 is 0 Å². The van der Waals surface area contributed by atoms with Crippen molar-refractivity contribution < 1.29 is 4.74 Å². The molecule has 0 bridgehead atoms. The first-order valence-electron chi connectivity index (χ1n) is 4.17. The van der Waals surface area contributed by atoms with Gasteiger partial charge in [0.2, 0.25) is 0 Å². The summed E-state index contributed by atoms with van der Waals surface area (Å²) in [6, 6.07) is 10.1. The Balaban J connectivity index is 2.73. The van der Waals surface area contributed by atoms with Gasteiger partial charge in [0, 0.05) is 6.61 Å². The van der Waals surface area contributed by atoms with Crippen LogP contribution in [0.3, 0.4) is 0 Å². The van der Waals surface area contributed by atoms with E-state index in [0.29, 0.717) is 6.61 Å².